The topological polar surface area (TPSA) is 74.3 Å². The zero-order valence-electron chi connectivity index (χ0n) is 15.9. The smallest absolute Gasteiger partial charge is 0.321 e. The molecule has 7 heteroatoms. The van der Waals surface area contributed by atoms with Crippen LogP contribution in [0.2, 0.25) is 0 Å². The maximum absolute atomic E-state index is 12.7. The number of benzene rings is 2. The lowest BCUT2D eigenvalue weighted by atomic mass is 9.97. The molecule has 1 aliphatic heterocycles. The Hall–Kier alpha value is -3.19. The Kier molecular flexibility index (Phi) is 5.86. The minimum atomic E-state index is -0.241. The van der Waals surface area contributed by atoms with E-state index in [1.807, 2.05) is 66.0 Å². The van der Waals surface area contributed by atoms with Crippen molar-refractivity contribution in [2.45, 2.75) is 12.8 Å². The van der Waals surface area contributed by atoms with Crippen LogP contribution in [0.5, 0.6) is 0 Å². The third kappa shape index (κ3) is 4.81. The van der Waals surface area contributed by atoms with Gasteiger partial charge in [0.05, 0.1) is 11.6 Å². The molecule has 3 amide bonds. The maximum atomic E-state index is 12.7. The lowest BCUT2D eigenvalue weighted by Crippen LogP contribution is -2.45. The quantitative estimate of drug-likeness (QED) is 0.660. The minimum absolute atomic E-state index is 0.0869. The number of carbonyl (C=O) groups is 2. The van der Waals surface area contributed by atoms with Crippen LogP contribution in [-0.2, 0) is 4.79 Å². The number of nitrogens with one attached hydrogen (secondary N) is 2. The fourth-order valence-corrected chi connectivity index (χ4v) is 4.10. The molecular weight excluding hydrogens is 384 g/mol. The van der Waals surface area contributed by atoms with E-state index in [2.05, 4.69) is 15.6 Å². The molecule has 1 fully saturated rings. The first-order chi connectivity index (χ1) is 14.2. The molecule has 1 unspecified atom stereocenters. The SMILES string of the molecule is O=C(Nc1nc(-c2ccccc2)cs1)C1CCCN(C(=O)Nc2ccccc2)C1. The van der Waals surface area contributed by atoms with Crippen molar-refractivity contribution in [2.24, 2.45) is 5.92 Å². The summed E-state index contributed by atoms with van der Waals surface area (Å²) in [6.07, 6.45) is 1.56. The Bertz CT molecular complexity index is 975. The number of carbonyl (C=O) groups excluding carboxylic acids is 2. The van der Waals surface area contributed by atoms with Crippen LogP contribution in [0.1, 0.15) is 12.8 Å². The number of para-hydroxylation sites is 1. The highest BCUT2D eigenvalue weighted by Crippen LogP contribution is 2.26. The molecule has 148 valence electrons. The van der Waals surface area contributed by atoms with Crippen molar-refractivity contribution in [1.82, 2.24) is 9.88 Å². The van der Waals surface area contributed by atoms with Crippen LogP contribution in [0.4, 0.5) is 15.6 Å². The summed E-state index contributed by atoms with van der Waals surface area (Å²) in [4.78, 5) is 31.5. The van der Waals surface area contributed by atoms with Crippen molar-refractivity contribution >= 4 is 34.1 Å². The van der Waals surface area contributed by atoms with E-state index in [1.165, 1.54) is 11.3 Å². The lowest BCUT2D eigenvalue weighted by molar-refractivity contribution is -0.121. The van der Waals surface area contributed by atoms with Crippen molar-refractivity contribution in [3.05, 3.63) is 66.0 Å². The third-order valence-electron chi connectivity index (χ3n) is 4.91. The minimum Gasteiger partial charge on any atom is -0.324 e. The number of rotatable bonds is 4. The van der Waals surface area contributed by atoms with E-state index in [0.717, 1.165) is 29.8 Å². The molecule has 1 aromatic heterocycles. The molecule has 2 N–H and O–H groups in total. The molecule has 0 aliphatic carbocycles. The summed E-state index contributed by atoms with van der Waals surface area (Å²) in [7, 11) is 0. The van der Waals surface area contributed by atoms with Crippen molar-refractivity contribution in [3.63, 3.8) is 0 Å². The molecule has 0 radical (unpaired) electrons. The molecule has 1 atom stereocenters. The highest BCUT2D eigenvalue weighted by atomic mass is 32.1. The summed E-state index contributed by atoms with van der Waals surface area (Å²) in [5, 5.41) is 8.33. The monoisotopic (exact) mass is 406 g/mol. The summed E-state index contributed by atoms with van der Waals surface area (Å²) in [5.74, 6) is -0.328. The second-order valence-electron chi connectivity index (χ2n) is 6.97. The fraction of sp³-hybridized carbons (Fsp3) is 0.227. The number of hydrogen-bond donors (Lipinski definition) is 2. The molecule has 29 heavy (non-hydrogen) atoms. The summed E-state index contributed by atoms with van der Waals surface area (Å²) in [6, 6.07) is 19.0. The molecule has 2 aromatic carbocycles. The van der Waals surface area contributed by atoms with Crippen molar-refractivity contribution in [2.75, 3.05) is 23.7 Å². The molecule has 3 aromatic rings. The van der Waals surface area contributed by atoms with Gasteiger partial charge in [0.2, 0.25) is 5.91 Å². The average Bonchev–Trinajstić information content (AvgIpc) is 3.23. The molecule has 6 nitrogen and oxygen atoms in total. The van der Waals surface area contributed by atoms with Gasteiger partial charge in [-0.15, -0.1) is 11.3 Å². The van der Waals surface area contributed by atoms with Crippen LogP contribution in [0.15, 0.2) is 66.0 Å². The molecule has 1 saturated heterocycles. The number of aromatic nitrogens is 1. The number of urea groups is 1. The van der Waals surface area contributed by atoms with Crippen LogP contribution < -0.4 is 10.6 Å². The zero-order valence-corrected chi connectivity index (χ0v) is 16.7. The Morgan fingerprint density at radius 1 is 1.00 bits per heavy atom. The molecular formula is C22H22N4O2S. The standard InChI is InChI=1S/C22H22N4O2S/c27-20(25-21-24-19(15-29-21)16-8-3-1-4-9-16)17-10-7-13-26(14-17)22(28)23-18-11-5-2-6-12-18/h1-6,8-9,11-12,15,17H,7,10,13-14H2,(H,23,28)(H,24,25,27). The Balaban J connectivity index is 1.35. The van der Waals surface area contributed by atoms with Crippen LogP contribution in [0, 0.1) is 5.92 Å². The number of hydrogen-bond acceptors (Lipinski definition) is 4. The van der Waals surface area contributed by atoms with E-state index in [9.17, 15) is 9.59 Å². The van der Waals surface area contributed by atoms with Gasteiger partial charge in [0.1, 0.15) is 0 Å². The van der Waals surface area contributed by atoms with E-state index in [4.69, 9.17) is 0 Å². The van der Waals surface area contributed by atoms with Gasteiger partial charge < -0.3 is 15.5 Å². The average molecular weight is 407 g/mol. The van der Waals surface area contributed by atoms with Gasteiger partial charge in [-0.1, -0.05) is 48.5 Å². The van der Waals surface area contributed by atoms with Crippen LogP contribution in [0.25, 0.3) is 11.3 Å². The largest absolute Gasteiger partial charge is 0.324 e. The van der Waals surface area contributed by atoms with Gasteiger partial charge in [-0.3, -0.25) is 4.79 Å². The third-order valence-corrected chi connectivity index (χ3v) is 5.67. The maximum Gasteiger partial charge on any atom is 0.321 e. The van der Waals surface area contributed by atoms with E-state index in [0.29, 0.717) is 18.2 Å². The van der Waals surface area contributed by atoms with Gasteiger partial charge in [0, 0.05) is 29.7 Å². The highest BCUT2D eigenvalue weighted by molar-refractivity contribution is 7.14. The van der Waals surface area contributed by atoms with Gasteiger partial charge in [-0.05, 0) is 25.0 Å². The van der Waals surface area contributed by atoms with E-state index < -0.39 is 0 Å². The molecule has 0 bridgehead atoms. The summed E-state index contributed by atoms with van der Waals surface area (Å²) in [6.45, 7) is 1.05. The second kappa shape index (κ2) is 8.87. The first kappa shape index (κ1) is 19.1. The van der Waals surface area contributed by atoms with Crippen molar-refractivity contribution < 1.29 is 9.59 Å². The molecule has 0 spiro atoms. The van der Waals surface area contributed by atoms with Gasteiger partial charge in [0.25, 0.3) is 0 Å². The number of piperidine rings is 1. The summed E-state index contributed by atoms with van der Waals surface area (Å²) in [5.41, 5.74) is 2.62. The highest BCUT2D eigenvalue weighted by Gasteiger charge is 2.29. The van der Waals surface area contributed by atoms with Crippen molar-refractivity contribution in [1.29, 1.82) is 0 Å². The van der Waals surface area contributed by atoms with Gasteiger partial charge in [-0.25, -0.2) is 9.78 Å². The van der Waals surface area contributed by atoms with Gasteiger partial charge in [0.15, 0.2) is 5.13 Å². The van der Waals surface area contributed by atoms with E-state index >= 15 is 0 Å². The predicted molar refractivity (Wildman–Crippen MR) is 116 cm³/mol. The zero-order chi connectivity index (χ0) is 20.1. The van der Waals surface area contributed by atoms with E-state index in [-0.39, 0.29) is 17.9 Å². The molecule has 4 rings (SSSR count). The number of nitrogens with zero attached hydrogens (tertiary/aromatic N) is 2. The Labute approximate surface area is 173 Å². The number of anilines is 2. The predicted octanol–water partition coefficient (Wildman–Crippen LogP) is 4.69. The molecule has 2 heterocycles. The summed E-state index contributed by atoms with van der Waals surface area (Å²) >= 11 is 1.41. The summed E-state index contributed by atoms with van der Waals surface area (Å²) < 4.78 is 0. The molecule has 1 aliphatic rings. The first-order valence-corrected chi connectivity index (χ1v) is 10.5. The normalized spacial score (nSPS) is 16.3. The number of likely N-dealkylation sites (tertiary alicyclic amines) is 1. The van der Waals surface area contributed by atoms with Crippen LogP contribution in [-0.4, -0.2) is 34.9 Å². The number of amides is 3. The number of thiazole rings is 1. The molecule has 0 saturated carbocycles. The van der Waals surface area contributed by atoms with Gasteiger partial charge in [-0.2, -0.15) is 0 Å². The first-order valence-electron chi connectivity index (χ1n) is 9.62. The Morgan fingerprint density at radius 2 is 1.72 bits per heavy atom. The van der Waals surface area contributed by atoms with Crippen molar-refractivity contribution in [3.8, 4) is 11.3 Å². The fourth-order valence-electron chi connectivity index (χ4n) is 3.38. The van der Waals surface area contributed by atoms with E-state index in [1.54, 1.807) is 4.90 Å². The van der Waals surface area contributed by atoms with Gasteiger partial charge >= 0.3 is 6.03 Å². The second-order valence-corrected chi connectivity index (χ2v) is 7.83. The van der Waals surface area contributed by atoms with Crippen LogP contribution >= 0.6 is 11.3 Å². The van der Waals surface area contributed by atoms with Crippen LogP contribution in [0.3, 0.4) is 0 Å². The lowest BCUT2D eigenvalue weighted by Gasteiger charge is -2.31. The Morgan fingerprint density at radius 3 is 2.48 bits per heavy atom.